The number of alkyl halides is 3. The van der Waals surface area contributed by atoms with Crippen molar-refractivity contribution in [1.29, 1.82) is 0 Å². The minimum absolute atomic E-state index is 0.0457. The Morgan fingerprint density at radius 1 is 0.970 bits per heavy atom. The van der Waals surface area contributed by atoms with Gasteiger partial charge in [-0.2, -0.15) is 13.2 Å². The number of halogens is 3. The van der Waals surface area contributed by atoms with E-state index in [1.807, 2.05) is 31.2 Å². The van der Waals surface area contributed by atoms with Gasteiger partial charge in [-0.05, 0) is 38.0 Å². The van der Waals surface area contributed by atoms with E-state index in [0.717, 1.165) is 55.0 Å². The van der Waals surface area contributed by atoms with Crippen LogP contribution in [0.3, 0.4) is 0 Å². The minimum atomic E-state index is -4.55. The van der Waals surface area contributed by atoms with Gasteiger partial charge in [0, 0.05) is 23.2 Å². The lowest BCUT2D eigenvalue weighted by Crippen LogP contribution is -2.54. The van der Waals surface area contributed by atoms with Crippen molar-refractivity contribution in [3.8, 4) is 0 Å². The normalized spacial score (nSPS) is 18.3. The van der Waals surface area contributed by atoms with Crippen molar-refractivity contribution in [2.45, 2.75) is 50.9 Å². The molecule has 2 aromatic carbocycles. The monoisotopic (exact) mass is 477 g/mol. The highest BCUT2D eigenvalue weighted by Crippen LogP contribution is 2.29. The smallest absolute Gasteiger partial charge is 0.371 e. The number of nitrogens with one attached hydrogen (secondary N) is 3. The quantitative estimate of drug-likeness (QED) is 0.547. The highest BCUT2D eigenvalue weighted by Gasteiger charge is 2.31. The van der Waals surface area contributed by atoms with Gasteiger partial charge in [0.05, 0.1) is 12.1 Å². The molecule has 176 valence electrons. The van der Waals surface area contributed by atoms with Gasteiger partial charge in [0.15, 0.2) is 0 Å². The van der Waals surface area contributed by atoms with Gasteiger partial charge in [0.1, 0.15) is 4.99 Å². The Kier molecular flexibility index (Phi) is 8.07. The van der Waals surface area contributed by atoms with Gasteiger partial charge in [0.2, 0.25) is 5.91 Å². The lowest BCUT2D eigenvalue weighted by molar-refractivity contribution is -0.137. The SMILES string of the molecule is Cc1ccc(C(=S)NC2CCCCC2NC(=O)CNC(=O)c2cccc(C(F)(F)F)c2)cc1. The first-order valence-corrected chi connectivity index (χ1v) is 11.2. The Hall–Kier alpha value is -2.94. The molecular formula is C24H26F3N3O2S. The van der Waals surface area contributed by atoms with Crippen LogP contribution in [-0.4, -0.2) is 35.4 Å². The van der Waals surface area contributed by atoms with Crippen LogP contribution < -0.4 is 16.0 Å². The van der Waals surface area contributed by atoms with Crippen LogP contribution in [0.25, 0.3) is 0 Å². The van der Waals surface area contributed by atoms with E-state index in [1.165, 1.54) is 6.07 Å². The molecule has 1 fully saturated rings. The molecule has 3 rings (SSSR count). The van der Waals surface area contributed by atoms with Crippen LogP contribution in [0.15, 0.2) is 48.5 Å². The lowest BCUT2D eigenvalue weighted by atomic mass is 9.90. The van der Waals surface area contributed by atoms with Gasteiger partial charge in [-0.15, -0.1) is 0 Å². The van der Waals surface area contributed by atoms with Crippen molar-refractivity contribution in [2.75, 3.05) is 6.54 Å². The summed E-state index contributed by atoms with van der Waals surface area (Å²) in [7, 11) is 0. The van der Waals surface area contributed by atoms with E-state index >= 15 is 0 Å². The molecular weight excluding hydrogens is 451 g/mol. The van der Waals surface area contributed by atoms with Gasteiger partial charge in [-0.3, -0.25) is 9.59 Å². The second kappa shape index (κ2) is 10.8. The van der Waals surface area contributed by atoms with Crippen LogP contribution >= 0.6 is 12.2 Å². The zero-order chi connectivity index (χ0) is 24.0. The van der Waals surface area contributed by atoms with E-state index in [1.54, 1.807) is 0 Å². The molecule has 2 amide bonds. The summed E-state index contributed by atoms with van der Waals surface area (Å²) >= 11 is 5.53. The molecule has 0 aromatic heterocycles. The first kappa shape index (κ1) is 24.7. The highest BCUT2D eigenvalue weighted by atomic mass is 32.1. The van der Waals surface area contributed by atoms with E-state index in [9.17, 15) is 22.8 Å². The fourth-order valence-corrected chi connectivity index (χ4v) is 4.08. The van der Waals surface area contributed by atoms with Crippen molar-refractivity contribution >= 4 is 29.0 Å². The maximum Gasteiger partial charge on any atom is 0.416 e. The van der Waals surface area contributed by atoms with Crippen molar-refractivity contribution in [1.82, 2.24) is 16.0 Å². The Labute approximate surface area is 196 Å². The molecule has 0 spiro atoms. The number of rotatable bonds is 6. The van der Waals surface area contributed by atoms with Gasteiger partial charge >= 0.3 is 6.18 Å². The molecule has 2 aromatic rings. The van der Waals surface area contributed by atoms with E-state index in [-0.39, 0.29) is 24.2 Å². The Morgan fingerprint density at radius 3 is 2.24 bits per heavy atom. The van der Waals surface area contributed by atoms with E-state index in [4.69, 9.17) is 12.2 Å². The lowest BCUT2D eigenvalue weighted by Gasteiger charge is -2.33. The summed E-state index contributed by atoms with van der Waals surface area (Å²) in [6, 6.07) is 11.7. The largest absolute Gasteiger partial charge is 0.416 e. The molecule has 0 bridgehead atoms. The number of hydrogen-bond acceptors (Lipinski definition) is 3. The van der Waals surface area contributed by atoms with Crippen LogP contribution in [0, 0.1) is 6.92 Å². The Balaban J connectivity index is 1.54. The molecule has 1 aliphatic rings. The molecule has 0 saturated heterocycles. The van der Waals surface area contributed by atoms with Crippen LogP contribution in [0.2, 0.25) is 0 Å². The average molecular weight is 478 g/mol. The van der Waals surface area contributed by atoms with Crippen molar-refractivity contribution in [2.24, 2.45) is 0 Å². The predicted octanol–water partition coefficient (Wildman–Crippen LogP) is 4.14. The average Bonchev–Trinajstić information content (AvgIpc) is 2.78. The molecule has 33 heavy (non-hydrogen) atoms. The first-order chi connectivity index (χ1) is 15.6. The van der Waals surface area contributed by atoms with E-state index in [2.05, 4.69) is 16.0 Å². The summed E-state index contributed by atoms with van der Waals surface area (Å²) in [5.74, 6) is -1.15. The van der Waals surface area contributed by atoms with Crippen LogP contribution in [-0.2, 0) is 11.0 Å². The third-order valence-electron chi connectivity index (χ3n) is 5.60. The summed E-state index contributed by atoms with van der Waals surface area (Å²) in [5, 5.41) is 8.65. The standard InChI is InChI=1S/C24H26F3N3O2S/c1-15-9-11-16(12-10-15)23(33)30-20-8-3-2-7-19(20)29-21(31)14-28-22(32)17-5-4-6-18(13-17)24(25,26)27/h4-6,9-13,19-20H,2-3,7-8,14H2,1H3,(H,28,32)(H,29,31)(H,30,33). The summed E-state index contributed by atoms with van der Waals surface area (Å²) in [6.07, 6.45) is -0.977. The van der Waals surface area contributed by atoms with Crippen molar-refractivity contribution in [3.05, 3.63) is 70.8 Å². The van der Waals surface area contributed by atoms with Crippen LogP contribution in [0.5, 0.6) is 0 Å². The fraction of sp³-hybridized carbons (Fsp3) is 0.375. The fourth-order valence-electron chi connectivity index (χ4n) is 3.79. The van der Waals surface area contributed by atoms with Gasteiger partial charge in [0.25, 0.3) is 5.91 Å². The molecule has 5 nitrogen and oxygen atoms in total. The molecule has 9 heteroatoms. The zero-order valence-corrected chi connectivity index (χ0v) is 19.0. The van der Waals surface area contributed by atoms with Crippen molar-refractivity contribution in [3.63, 3.8) is 0 Å². The summed E-state index contributed by atoms with van der Waals surface area (Å²) < 4.78 is 38.5. The first-order valence-electron chi connectivity index (χ1n) is 10.8. The van der Waals surface area contributed by atoms with Gasteiger partial charge < -0.3 is 16.0 Å². The minimum Gasteiger partial charge on any atom is -0.371 e. The molecule has 0 aliphatic heterocycles. The number of amides is 2. The number of thiocarbonyl (C=S) groups is 1. The summed E-state index contributed by atoms with van der Waals surface area (Å²) in [6.45, 7) is 1.67. The summed E-state index contributed by atoms with van der Waals surface area (Å²) in [5.41, 5.74) is 0.967. The van der Waals surface area contributed by atoms with E-state index < -0.39 is 23.6 Å². The number of aryl methyl sites for hydroxylation is 1. The third kappa shape index (κ3) is 7.02. The molecule has 2 unspecified atom stereocenters. The molecule has 1 saturated carbocycles. The number of hydrogen-bond donors (Lipinski definition) is 3. The molecule has 1 aliphatic carbocycles. The summed E-state index contributed by atoms with van der Waals surface area (Å²) in [4.78, 5) is 25.3. The van der Waals surface area contributed by atoms with Crippen molar-refractivity contribution < 1.29 is 22.8 Å². The zero-order valence-electron chi connectivity index (χ0n) is 18.2. The maximum atomic E-state index is 12.8. The van der Waals surface area contributed by atoms with E-state index in [0.29, 0.717) is 4.99 Å². The highest BCUT2D eigenvalue weighted by molar-refractivity contribution is 7.80. The molecule has 0 radical (unpaired) electrons. The Bertz CT molecular complexity index is 1010. The van der Waals surface area contributed by atoms with Gasteiger partial charge in [-0.1, -0.05) is 61.0 Å². The number of carbonyl (C=O) groups is 2. The molecule has 0 heterocycles. The predicted molar refractivity (Wildman–Crippen MR) is 124 cm³/mol. The van der Waals surface area contributed by atoms with Crippen LogP contribution in [0.4, 0.5) is 13.2 Å². The maximum absolute atomic E-state index is 12.8. The second-order valence-electron chi connectivity index (χ2n) is 8.17. The molecule has 3 N–H and O–H groups in total. The Morgan fingerprint density at radius 2 is 1.61 bits per heavy atom. The molecule has 2 atom stereocenters. The van der Waals surface area contributed by atoms with Crippen LogP contribution in [0.1, 0.15) is 52.7 Å². The number of benzene rings is 2. The third-order valence-corrected chi connectivity index (χ3v) is 5.96. The topological polar surface area (TPSA) is 70.2 Å². The number of carbonyl (C=O) groups excluding carboxylic acids is 2. The second-order valence-corrected chi connectivity index (χ2v) is 8.57. The van der Waals surface area contributed by atoms with Gasteiger partial charge in [-0.25, -0.2) is 0 Å².